The van der Waals surface area contributed by atoms with Crippen LogP contribution in [0.3, 0.4) is 0 Å². The number of carbonyl (C=O) groups is 1. The maximum absolute atomic E-state index is 13.3. The molecule has 5 nitrogen and oxygen atoms in total. The van der Waals surface area contributed by atoms with E-state index in [9.17, 15) is 28.1 Å². The highest BCUT2D eigenvalue weighted by molar-refractivity contribution is 5.95. The van der Waals surface area contributed by atoms with Crippen LogP contribution >= 0.6 is 0 Å². The van der Waals surface area contributed by atoms with Gasteiger partial charge < -0.3 is 5.32 Å². The van der Waals surface area contributed by atoms with E-state index in [0.29, 0.717) is 12.5 Å². The number of nitrogens with zero attached hydrogens (tertiary/aromatic N) is 1. The number of nitrogens with one attached hydrogen (secondary N) is 1. The Hall–Kier alpha value is -2.12. The van der Waals surface area contributed by atoms with Crippen LogP contribution in [0.4, 0.5) is 18.9 Å². The van der Waals surface area contributed by atoms with Gasteiger partial charge in [-0.25, -0.2) is 8.78 Å². The molecule has 1 aromatic rings. The fourth-order valence-electron chi connectivity index (χ4n) is 1.22. The molecule has 1 N–H and O–H groups in total. The quantitative estimate of drug-likeness (QED) is 0.513. The van der Waals surface area contributed by atoms with Crippen molar-refractivity contribution in [3.05, 3.63) is 39.2 Å². The number of halogens is 3. The van der Waals surface area contributed by atoms with E-state index in [1.54, 1.807) is 6.92 Å². The van der Waals surface area contributed by atoms with Crippen molar-refractivity contribution in [1.82, 2.24) is 5.32 Å². The number of carbonyl (C=O) groups excluding carboxylic acids is 1. The summed E-state index contributed by atoms with van der Waals surface area (Å²) in [6.45, 7) is 1.91. The van der Waals surface area contributed by atoms with Gasteiger partial charge in [0, 0.05) is 12.6 Å². The first kappa shape index (κ1) is 13.9. The summed E-state index contributed by atoms with van der Waals surface area (Å²) in [7, 11) is 0. The van der Waals surface area contributed by atoms with Gasteiger partial charge in [0.2, 0.25) is 11.6 Å². The van der Waals surface area contributed by atoms with E-state index < -0.39 is 39.5 Å². The van der Waals surface area contributed by atoms with Crippen LogP contribution in [0.25, 0.3) is 0 Å². The lowest BCUT2D eigenvalue weighted by Crippen LogP contribution is -2.25. The van der Waals surface area contributed by atoms with Crippen molar-refractivity contribution in [2.45, 2.75) is 13.3 Å². The summed E-state index contributed by atoms with van der Waals surface area (Å²) in [5.41, 5.74) is -2.18. The molecule has 98 valence electrons. The Labute approximate surface area is 99.8 Å². The topological polar surface area (TPSA) is 72.2 Å². The minimum atomic E-state index is -2.04. The van der Waals surface area contributed by atoms with E-state index >= 15 is 0 Å². The van der Waals surface area contributed by atoms with Crippen LogP contribution < -0.4 is 5.32 Å². The summed E-state index contributed by atoms with van der Waals surface area (Å²) in [5.74, 6) is -6.74. The SMILES string of the molecule is CCCNC(=O)c1cc([N+](=O)[O-])c(F)c(F)c1F. The third-order valence-corrected chi connectivity index (χ3v) is 2.10. The van der Waals surface area contributed by atoms with Gasteiger partial charge in [-0.1, -0.05) is 6.92 Å². The highest BCUT2D eigenvalue weighted by Gasteiger charge is 2.28. The third-order valence-electron chi connectivity index (χ3n) is 2.10. The summed E-state index contributed by atoms with van der Waals surface area (Å²) in [6.07, 6.45) is 0.541. The molecule has 0 aliphatic carbocycles. The van der Waals surface area contributed by atoms with Gasteiger partial charge in [0.15, 0.2) is 5.82 Å². The number of rotatable bonds is 4. The fraction of sp³-hybridized carbons (Fsp3) is 0.300. The summed E-state index contributed by atoms with van der Waals surface area (Å²) in [6, 6.07) is 0.374. The average molecular weight is 262 g/mol. The van der Waals surface area contributed by atoms with Crippen LogP contribution in [-0.4, -0.2) is 17.4 Å². The van der Waals surface area contributed by atoms with Crippen LogP contribution in [-0.2, 0) is 0 Å². The first-order valence-corrected chi connectivity index (χ1v) is 5.00. The Kier molecular flexibility index (Phi) is 4.24. The van der Waals surface area contributed by atoms with E-state index in [4.69, 9.17) is 0 Å². The molecule has 0 saturated carbocycles. The van der Waals surface area contributed by atoms with Crippen molar-refractivity contribution in [3.8, 4) is 0 Å². The largest absolute Gasteiger partial charge is 0.352 e. The molecule has 18 heavy (non-hydrogen) atoms. The number of benzene rings is 1. The molecule has 0 aliphatic rings. The van der Waals surface area contributed by atoms with Gasteiger partial charge in [-0.15, -0.1) is 0 Å². The van der Waals surface area contributed by atoms with Gasteiger partial charge in [-0.3, -0.25) is 14.9 Å². The van der Waals surface area contributed by atoms with E-state index in [1.807, 2.05) is 0 Å². The zero-order valence-electron chi connectivity index (χ0n) is 9.30. The highest BCUT2D eigenvalue weighted by atomic mass is 19.2. The molecule has 0 atom stereocenters. The van der Waals surface area contributed by atoms with Gasteiger partial charge >= 0.3 is 5.69 Å². The molecule has 0 radical (unpaired) electrons. The van der Waals surface area contributed by atoms with Crippen molar-refractivity contribution >= 4 is 11.6 Å². The van der Waals surface area contributed by atoms with Crippen LogP contribution in [0, 0.1) is 27.6 Å². The Morgan fingerprint density at radius 2 is 1.94 bits per heavy atom. The number of hydrogen-bond donors (Lipinski definition) is 1. The Morgan fingerprint density at radius 1 is 1.33 bits per heavy atom. The second-order valence-corrected chi connectivity index (χ2v) is 3.40. The molecular formula is C10H9F3N2O3. The fourth-order valence-corrected chi connectivity index (χ4v) is 1.22. The molecule has 1 aromatic carbocycles. The summed E-state index contributed by atoms with van der Waals surface area (Å²) >= 11 is 0. The lowest BCUT2D eigenvalue weighted by Gasteiger charge is -2.06. The summed E-state index contributed by atoms with van der Waals surface area (Å²) in [4.78, 5) is 20.6. The Morgan fingerprint density at radius 3 is 2.44 bits per heavy atom. The smallest absolute Gasteiger partial charge is 0.308 e. The van der Waals surface area contributed by atoms with Crippen molar-refractivity contribution in [2.24, 2.45) is 0 Å². The molecule has 0 bridgehead atoms. The summed E-state index contributed by atoms with van der Waals surface area (Å²) in [5, 5.41) is 12.6. The first-order chi connectivity index (χ1) is 8.40. The lowest BCUT2D eigenvalue weighted by atomic mass is 10.1. The first-order valence-electron chi connectivity index (χ1n) is 5.00. The van der Waals surface area contributed by atoms with Crippen molar-refractivity contribution in [3.63, 3.8) is 0 Å². The molecule has 0 spiro atoms. The maximum atomic E-state index is 13.3. The minimum absolute atomic E-state index is 0.186. The molecule has 8 heteroatoms. The van der Waals surface area contributed by atoms with Crippen LogP contribution in [0.2, 0.25) is 0 Å². The van der Waals surface area contributed by atoms with Crippen molar-refractivity contribution in [2.75, 3.05) is 6.54 Å². The molecular weight excluding hydrogens is 253 g/mol. The normalized spacial score (nSPS) is 10.2. The van der Waals surface area contributed by atoms with Crippen molar-refractivity contribution in [1.29, 1.82) is 0 Å². The monoisotopic (exact) mass is 262 g/mol. The molecule has 0 fully saturated rings. The van der Waals surface area contributed by atoms with E-state index in [0.717, 1.165) is 0 Å². The Balaban J connectivity index is 3.28. The van der Waals surface area contributed by atoms with Crippen LogP contribution in [0.1, 0.15) is 23.7 Å². The van der Waals surface area contributed by atoms with Crippen LogP contribution in [0.15, 0.2) is 6.07 Å². The third kappa shape index (κ3) is 2.58. The number of hydrogen-bond acceptors (Lipinski definition) is 3. The van der Waals surface area contributed by atoms with E-state index in [-0.39, 0.29) is 6.54 Å². The van der Waals surface area contributed by atoms with Gasteiger partial charge in [0.1, 0.15) is 0 Å². The van der Waals surface area contributed by atoms with Gasteiger partial charge in [0.25, 0.3) is 5.91 Å². The Bertz CT molecular complexity index is 506. The summed E-state index contributed by atoms with van der Waals surface area (Å²) < 4.78 is 39.4. The molecule has 0 aliphatic heterocycles. The lowest BCUT2D eigenvalue weighted by molar-refractivity contribution is -0.387. The van der Waals surface area contributed by atoms with Gasteiger partial charge in [-0.05, 0) is 6.42 Å². The average Bonchev–Trinajstić information content (AvgIpc) is 2.33. The number of amides is 1. The molecule has 0 aromatic heterocycles. The van der Waals surface area contributed by atoms with Crippen LogP contribution in [0.5, 0.6) is 0 Å². The van der Waals surface area contributed by atoms with Gasteiger partial charge in [0.05, 0.1) is 10.5 Å². The van der Waals surface area contributed by atoms with E-state index in [2.05, 4.69) is 5.32 Å². The molecule has 0 heterocycles. The molecule has 0 saturated heterocycles. The minimum Gasteiger partial charge on any atom is -0.352 e. The number of nitro groups is 1. The second kappa shape index (κ2) is 5.48. The zero-order valence-corrected chi connectivity index (χ0v) is 9.30. The van der Waals surface area contributed by atoms with Crippen molar-refractivity contribution < 1.29 is 22.9 Å². The second-order valence-electron chi connectivity index (χ2n) is 3.40. The highest BCUT2D eigenvalue weighted by Crippen LogP contribution is 2.25. The maximum Gasteiger partial charge on any atom is 0.308 e. The number of nitro benzene ring substituents is 1. The van der Waals surface area contributed by atoms with E-state index in [1.165, 1.54) is 0 Å². The zero-order chi connectivity index (χ0) is 13.9. The van der Waals surface area contributed by atoms with Gasteiger partial charge in [-0.2, -0.15) is 4.39 Å². The molecule has 1 rings (SSSR count). The molecule has 0 unspecified atom stereocenters. The predicted molar refractivity (Wildman–Crippen MR) is 55.6 cm³/mol. The standard InChI is InChI=1S/C10H9F3N2O3/c1-2-3-14-10(16)5-4-6(15(17)18)8(12)9(13)7(5)11/h4H,2-3H2,1H3,(H,14,16). The molecule has 1 amide bonds. The predicted octanol–water partition coefficient (Wildman–Crippen LogP) is 2.15.